The largest absolute Gasteiger partial charge is 0.309 e. The Bertz CT molecular complexity index is 345. The number of nitrogens with one attached hydrogen (secondary N) is 1. The molecule has 0 unspecified atom stereocenters. The molecular formula is C10H12BrFN2O. The number of amides is 1. The molecular weight excluding hydrogens is 263 g/mol. The van der Waals surface area contributed by atoms with Crippen molar-refractivity contribution in [1.29, 1.82) is 0 Å². The maximum atomic E-state index is 12.2. The molecule has 5 heteroatoms. The first-order valence-corrected chi connectivity index (χ1v) is 5.24. The molecule has 0 spiro atoms. The summed E-state index contributed by atoms with van der Waals surface area (Å²) in [7, 11) is 0. The molecule has 82 valence electrons. The molecule has 1 aromatic rings. The fourth-order valence-electron chi connectivity index (χ4n) is 0.842. The summed E-state index contributed by atoms with van der Waals surface area (Å²) in [5.41, 5.74) is 0.492. The Kier molecular flexibility index (Phi) is 3.79. The minimum Gasteiger partial charge on any atom is -0.309 e. The fraction of sp³-hybridized carbons (Fsp3) is 0.400. The summed E-state index contributed by atoms with van der Waals surface area (Å²) in [6.07, 6.45) is 1.40. The van der Waals surface area contributed by atoms with Gasteiger partial charge in [0.2, 0.25) is 5.91 Å². The van der Waals surface area contributed by atoms with Gasteiger partial charge in [0.05, 0.1) is 4.32 Å². The number of carbonyl (C=O) groups is 1. The molecule has 0 aromatic carbocycles. The van der Waals surface area contributed by atoms with Crippen LogP contribution in [-0.2, 0) is 11.5 Å². The highest BCUT2D eigenvalue weighted by molar-refractivity contribution is 9.10. The Morgan fingerprint density at radius 1 is 1.60 bits per heavy atom. The van der Waals surface area contributed by atoms with E-state index in [1.165, 1.54) is 6.20 Å². The SMILES string of the molecule is CC(C)(Br)C(=O)Nc1ccc(CF)cn1. The molecule has 0 saturated heterocycles. The summed E-state index contributed by atoms with van der Waals surface area (Å²) in [5, 5.41) is 2.61. The van der Waals surface area contributed by atoms with Gasteiger partial charge in [-0.15, -0.1) is 0 Å². The van der Waals surface area contributed by atoms with Crippen LogP contribution in [0.5, 0.6) is 0 Å². The predicted molar refractivity (Wildman–Crippen MR) is 60.7 cm³/mol. The lowest BCUT2D eigenvalue weighted by Crippen LogP contribution is -2.31. The van der Waals surface area contributed by atoms with Crippen molar-refractivity contribution in [3.05, 3.63) is 23.9 Å². The lowest BCUT2D eigenvalue weighted by molar-refractivity contribution is -0.117. The summed E-state index contributed by atoms with van der Waals surface area (Å²) in [5.74, 6) is 0.229. The van der Waals surface area contributed by atoms with E-state index in [1.54, 1.807) is 26.0 Å². The maximum absolute atomic E-state index is 12.2. The number of anilines is 1. The molecule has 15 heavy (non-hydrogen) atoms. The van der Waals surface area contributed by atoms with Crippen LogP contribution in [-0.4, -0.2) is 15.2 Å². The molecule has 1 heterocycles. The van der Waals surface area contributed by atoms with E-state index in [1.807, 2.05) is 0 Å². The summed E-state index contributed by atoms with van der Waals surface area (Å²) in [4.78, 5) is 15.4. The van der Waals surface area contributed by atoms with Crippen LogP contribution in [0, 0.1) is 0 Å². The number of pyridine rings is 1. The zero-order chi connectivity index (χ0) is 11.5. The molecule has 0 bridgehead atoms. The number of rotatable bonds is 3. The van der Waals surface area contributed by atoms with E-state index in [0.717, 1.165) is 0 Å². The molecule has 0 aliphatic carbocycles. The minimum atomic E-state index is -0.645. The lowest BCUT2D eigenvalue weighted by Gasteiger charge is -2.15. The number of hydrogen-bond donors (Lipinski definition) is 1. The van der Waals surface area contributed by atoms with Crippen LogP contribution in [0.4, 0.5) is 10.2 Å². The highest BCUT2D eigenvalue weighted by Crippen LogP contribution is 2.18. The van der Waals surface area contributed by atoms with Crippen molar-refractivity contribution in [3.8, 4) is 0 Å². The van der Waals surface area contributed by atoms with E-state index in [-0.39, 0.29) is 5.91 Å². The maximum Gasteiger partial charge on any atom is 0.241 e. The Morgan fingerprint density at radius 3 is 2.67 bits per heavy atom. The Hall–Kier alpha value is -0.970. The van der Waals surface area contributed by atoms with Gasteiger partial charge in [0, 0.05) is 11.8 Å². The van der Waals surface area contributed by atoms with Gasteiger partial charge in [-0.2, -0.15) is 0 Å². The summed E-state index contributed by atoms with van der Waals surface area (Å²) >= 11 is 3.23. The van der Waals surface area contributed by atoms with Gasteiger partial charge < -0.3 is 5.32 Å². The van der Waals surface area contributed by atoms with Crippen molar-refractivity contribution in [2.45, 2.75) is 24.8 Å². The highest BCUT2D eigenvalue weighted by atomic mass is 79.9. The van der Waals surface area contributed by atoms with E-state index in [0.29, 0.717) is 11.4 Å². The average Bonchev–Trinajstić information content (AvgIpc) is 2.17. The second-order valence-corrected chi connectivity index (χ2v) is 5.59. The molecule has 1 amide bonds. The van der Waals surface area contributed by atoms with Crippen LogP contribution >= 0.6 is 15.9 Å². The van der Waals surface area contributed by atoms with E-state index >= 15 is 0 Å². The second kappa shape index (κ2) is 4.70. The number of carbonyl (C=O) groups excluding carboxylic acids is 1. The highest BCUT2D eigenvalue weighted by Gasteiger charge is 2.23. The zero-order valence-electron chi connectivity index (χ0n) is 8.55. The van der Waals surface area contributed by atoms with Crippen LogP contribution in [0.15, 0.2) is 18.3 Å². The van der Waals surface area contributed by atoms with Gasteiger partial charge in [-0.1, -0.05) is 22.0 Å². The molecule has 1 rings (SSSR count). The zero-order valence-corrected chi connectivity index (χ0v) is 10.1. The van der Waals surface area contributed by atoms with Crippen LogP contribution in [0.2, 0.25) is 0 Å². The molecule has 0 aliphatic heterocycles. The van der Waals surface area contributed by atoms with Crippen molar-refractivity contribution in [2.75, 3.05) is 5.32 Å². The third-order valence-corrected chi connectivity index (χ3v) is 2.12. The van der Waals surface area contributed by atoms with Crippen molar-refractivity contribution in [3.63, 3.8) is 0 Å². The van der Waals surface area contributed by atoms with Gasteiger partial charge in [0.15, 0.2) is 0 Å². The normalized spacial score (nSPS) is 11.2. The number of hydrogen-bond acceptors (Lipinski definition) is 2. The first-order valence-electron chi connectivity index (χ1n) is 4.45. The smallest absolute Gasteiger partial charge is 0.241 e. The van der Waals surface area contributed by atoms with Gasteiger partial charge in [0.1, 0.15) is 12.5 Å². The third-order valence-electron chi connectivity index (χ3n) is 1.76. The molecule has 1 aromatic heterocycles. The van der Waals surface area contributed by atoms with Crippen LogP contribution < -0.4 is 5.32 Å². The molecule has 1 N–H and O–H groups in total. The van der Waals surface area contributed by atoms with E-state index in [9.17, 15) is 9.18 Å². The first-order chi connectivity index (χ1) is 6.93. The van der Waals surface area contributed by atoms with E-state index in [2.05, 4.69) is 26.2 Å². The molecule has 0 fully saturated rings. The quantitative estimate of drug-likeness (QED) is 0.862. The monoisotopic (exact) mass is 274 g/mol. The minimum absolute atomic E-state index is 0.192. The van der Waals surface area contributed by atoms with E-state index in [4.69, 9.17) is 0 Å². The second-order valence-electron chi connectivity index (χ2n) is 3.61. The van der Waals surface area contributed by atoms with Gasteiger partial charge >= 0.3 is 0 Å². The van der Waals surface area contributed by atoms with Crippen molar-refractivity contribution >= 4 is 27.7 Å². The van der Waals surface area contributed by atoms with Gasteiger partial charge in [0.25, 0.3) is 0 Å². The predicted octanol–water partition coefficient (Wildman–Crippen LogP) is 2.66. The number of aromatic nitrogens is 1. The number of halogens is 2. The van der Waals surface area contributed by atoms with Gasteiger partial charge in [-0.05, 0) is 19.9 Å². The molecule has 0 saturated carbocycles. The summed E-state index contributed by atoms with van der Waals surface area (Å²) in [6.45, 7) is 2.92. The number of nitrogens with zero attached hydrogens (tertiary/aromatic N) is 1. The Labute approximate surface area is 96.2 Å². The first kappa shape index (κ1) is 12.1. The summed E-state index contributed by atoms with van der Waals surface area (Å²) < 4.78 is 11.5. The third kappa shape index (κ3) is 3.58. The van der Waals surface area contributed by atoms with Crippen molar-refractivity contribution in [2.24, 2.45) is 0 Å². The molecule has 3 nitrogen and oxygen atoms in total. The lowest BCUT2D eigenvalue weighted by atomic mass is 10.2. The van der Waals surface area contributed by atoms with Crippen LogP contribution in [0.3, 0.4) is 0 Å². The van der Waals surface area contributed by atoms with Crippen LogP contribution in [0.1, 0.15) is 19.4 Å². The van der Waals surface area contributed by atoms with Gasteiger partial charge in [-0.25, -0.2) is 9.37 Å². The van der Waals surface area contributed by atoms with Crippen molar-refractivity contribution < 1.29 is 9.18 Å². The van der Waals surface area contributed by atoms with Gasteiger partial charge in [-0.3, -0.25) is 4.79 Å². The molecule has 0 radical (unpaired) electrons. The van der Waals surface area contributed by atoms with Crippen LogP contribution in [0.25, 0.3) is 0 Å². The molecule has 0 aliphatic rings. The van der Waals surface area contributed by atoms with Crippen molar-refractivity contribution in [1.82, 2.24) is 4.98 Å². The number of alkyl halides is 2. The standard InChI is InChI=1S/C10H12BrFN2O/c1-10(2,11)9(15)14-8-4-3-7(5-12)6-13-8/h3-4,6H,5H2,1-2H3,(H,13,14,15). The summed E-state index contributed by atoms with van der Waals surface area (Å²) in [6, 6.07) is 3.16. The Morgan fingerprint density at radius 2 is 2.27 bits per heavy atom. The van der Waals surface area contributed by atoms with E-state index < -0.39 is 11.0 Å². The fourth-order valence-corrected chi connectivity index (χ4v) is 0.942. The topological polar surface area (TPSA) is 42.0 Å². The Balaban J connectivity index is 2.70. The molecule has 0 atom stereocenters. The average molecular weight is 275 g/mol.